The topological polar surface area (TPSA) is 54.9 Å². The van der Waals surface area contributed by atoms with Crippen LogP contribution in [-0.4, -0.2) is 54.9 Å². The minimum Gasteiger partial charge on any atom is -0.481 e. The first-order valence-electron chi connectivity index (χ1n) is 8.65. The summed E-state index contributed by atoms with van der Waals surface area (Å²) in [6.45, 7) is 8.44. The van der Waals surface area contributed by atoms with Crippen LogP contribution in [-0.2, 0) is 4.74 Å². The molecule has 1 aromatic rings. The SMILES string of the molecule is COc1nc(N2CCN(C(=O)OC(C)(C)C)CC2)ccc1C1CC1. The van der Waals surface area contributed by atoms with Gasteiger partial charge in [-0.3, -0.25) is 0 Å². The van der Waals surface area contributed by atoms with Gasteiger partial charge in [-0.2, -0.15) is 4.98 Å². The fourth-order valence-electron chi connectivity index (χ4n) is 2.93. The molecular weight excluding hydrogens is 306 g/mol. The van der Waals surface area contributed by atoms with Crippen LogP contribution in [0.25, 0.3) is 0 Å². The lowest BCUT2D eigenvalue weighted by atomic mass is 10.1. The zero-order chi connectivity index (χ0) is 17.3. The largest absolute Gasteiger partial charge is 0.481 e. The minimum atomic E-state index is -0.457. The highest BCUT2D eigenvalue weighted by atomic mass is 16.6. The summed E-state index contributed by atoms with van der Waals surface area (Å²) in [6, 6.07) is 4.21. The highest BCUT2D eigenvalue weighted by Crippen LogP contribution is 2.44. The number of pyridine rings is 1. The number of amides is 1. The van der Waals surface area contributed by atoms with Crippen LogP contribution in [0.15, 0.2) is 12.1 Å². The summed E-state index contributed by atoms with van der Waals surface area (Å²) < 4.78 is 10.9. The molecule has 6 nitrogen and oxygen atoms in total. The zero-order valence-electron chi connectivity index (χ0n) is 15.0. The Balaban J connectivity index is 1.61. The van der Waals surface area contributed by atoms with Crippen molar-refractivity contribution in [1.82, 2.24) is 9.88 Å². The maximum Gasteiger partial charge on any atom is 0.410 e. The molecule has 0 atom stereocenters. The van der Waals surface area contributed by atoms with E-state index in [4.69, 9.17) is 9.47 Å². The first kappa shape index (κ1) is 16.9. The number of carbonyl (C=O) groups is 1. The van der Waals surface area contributed by atoms with Gasteiger partial charge in [-0.15, -0.1) is 0 Å². The Morgan fingerprint density at radius 3 is 2.38 bits per heavy atom. The Kier molecular flexibility index (Phi) is 4.56. The molecule has 1 amide bonds. The van der Waals surface area contributed by atoms with Crippen LogP contribution in [0.4, 0.5) is 10.6 Å². The van der Waals surface area contributed by atoms with Crippen molar-refractivity contribution in [3.8, 4) is 5.88 Å². The summed E-state index contributed by atoms with van der Waals surface area (Å²) >= 11 is 0. The molecule has 0 bridgehead atoms. The molecule has 2 fully saturated rings. The third-order valence-corrected chi connectivity index (χ3v) is 4.34. The predicted octanol–water partition coefficient (Wildman–Crippen LogP) is 3.02. The molecule has 0 spiro atoms. The van der Waals surface area contributed by atoms with Crippen molar-refractivity contribution in [3.05, 3.63) is 17.7 Å². The van der Waals surface area contributed by atoms with Crippen LogP contribution >= 0.6 is 0 Å². The van der Waals surface area contributed by atoms with Crippen molar-refractivity contribution < 1.29 is 14.3 Å². The molecular formula is C18H27N3O3. The van der Waals surface area contributed by atoms with E-state index < -0.39 is 5.60 Å². The summed E-state index contributed by atoms with van der Waals surface area (Å²) in [7, 11) is 1.68. The number of anilines is 1. The molecule has 1 saturated heterocycles. The summed E-state index contributed by atoms with van der Waals surface area (Å²) in [5.41, 5.74) is 0.760. The number of aromatic nitrogens is 1. The summed E-state index contributed by atoms with van der Waals surface area (Å²) in [5.74, 6) is 2.27. The molecule has 1 saturated carbocycles. The van der Waals surface area contributed by atoms with Gasteiger partial charge in [0, 0.05) is 31.7 Å². The quantitative estimate of drug-likeness (QED) is 0.851. The van der Waals surface area contributed by atoms with E-state index in [0.717, 1.165) is 24.8 Å². The van der Waals surface area contributed by atoms with Gasteiger partial charge in [0.15, 0.2) is 0 Å². The molecule has 0 aromatic carbocycles. The number of ether oxygens (including phenoxy) is 2. The lowest BCUT2D eigenvalue weighted by molar-refractivity contribution is 0.0240. The van der Waals surface area contributed by atoms with Gasteiger partial charge in [-0.05, 0) is 51.7 Å². The van der Waals surface area contributed by atoms with Gasteiger partial charge in [0.2, 0.25) is 5.88 Å². The molecule has 132 valence electrons. The molecule has 0 N–H and O–H groups in total. The van der Waals surface area contributed by atoms with E-state index >= 15 is 0 Å². The third kappa shape index (κ3) is 3.91. The van der Waals surface area contributed by atoms with E-state index in [1.54, 1.807) is 12.0 Å². The molecule has 3 rings (SSSR count). The maximum atomic E-state index is 12.1. The monoisotopic (exact) mass is 333 g/mol. The first-order chi connectivity index (χ1) is 11.4. The van der Waals surface area contributed by atoms with Gasteiger partial charge >= 0.3 is 6.09 Å². The number of piperazine rings is 1. The van der Waals surface area contributed by atoms with Crippen LogP contribution in [0.1, 0.15) is 45.1 Å². The smallest absolute Gasteiger partial charge is 0.410 e. The van der Waals surface area contributed by atoms with Gasteiger partial charge < -0.3 is 19.3 Å². The fraction of sp³-hybridized carbons (Fsp3) is 0.667. The van der Waals surface area contributed by atoms with Crippen molar-refractivity contribution in [1.29, 1.82) is 0 Å². The number of hydrogen-bond donors (Lipinski definition) is 0. The van der Waals surface area contributed by atoms with Gasteiger partial charge in [-0.25, -0.2) is 4.79 Å². The van der Waals surface area contributed by atoms with Crippen molar-refractivity contribution in [2.24, 2.45) is 0 Å². The van der Waals surface area contributed by atoms with Crippen molar-refractivity contribution in [2.45, 2.75) is 45.1 Å². The van der Waals surface area contributed by atoms with E-state index in [0.29, 0.717) is 19.0 Å². The highest BCUT2D eigenvalue weighted by Gasteiger charge is 2.29. The van der Waals surface area contributed by atoms with E-state index in [2.05, 4.69) is 22.0 Å². The molecule has 2 heterocycles. The van der Waals surface area contributed by atoms with E-state index in [1.165, 1.54) is 18.4 Å². The van der Waals surface area contributed by atoms with Crippen LogP contribution in [0.2, 0.25) is 0 Å². The summed E-state index contributed by atoms with van der Waals surface area (Å²) in [4.78, 5) is 20.8. The number of methoxy groups -OCH3 is 1. The lowest BCUT2D eigenvalue weighted by Crippen LogP contribution is -2.50. The molecule has 0 unspecified atom stereocenters. The highest BCUT2D eigenvalue weighted by molar-refractivity contribution is 5.68. The molecule has 6 heteroatoms. The van der Waals surface area contributed by atoms with Gasteiger partial charge in [0.05, 0.1) is 7.11 Å². The zero-order valence-corrected chi connectivity index (χ0v) is 15.0. The predicted molar refractivity (Wildman–Crippen MR) is 92.8 cm³/mol. The van der Waals surface area contributed by atoms with Crippen LogP contribution in [0.5, 0.6) is 5.88 Å². The second kappa shape index (κ2) is 6.49. The molecule has 0 radical (unpaired) electrons. The number of nitrogens with zero attached hydrogens (tertiary/aromatic N) is 3. The molecule has 24 heavy (non-hydrogen) atoms. The van der Waals surface area contributed by atoms with Gasteiger partial charge in [-0.1, -0.05) is 0 Å². The number of hydrogen-bond acceptors (Lipinski definition) is 5. The van der Waals surface area contributed by atoms with Crippen molar-refractivity contribution >= 4 is 11.9 Å². The van der Waals surface area contributed by atoms with Crippen LogP contribution in [0.3, 0.4) is 0 Å². The molecule has 1 aliphatic carbocycles. The Morgan fingerprint density at radius 1 is 1.17 bits per heavy atom. The number of carbonyl (C=O) groups excluding carboxylic acids is 1. The molecule has 1 aromatic heterocycles. The van der Waals surface area contributed by atoms with Crippen molar-refractivity contribution in [3.63, 3.8) is 0 Å². The Hall–Kier alpha value is -1.98. The van der Waals surface area contributed by atoms with Gasteiger partial charge in [0.1, 0.15) is 11.4 Å². The fourth-order valence-corrected chi connectivity index (χ4v) is 2.93. The Bertz CT molecular complexity index is 600. The lowest BCUT2D eigenvalue weighted by Gasteiger charge is -2.36. The average Bonchev–Trinajstić information content (AvgIpc) is 3.37. The van der Waals surface area contributed by atoms with E-state index in [9.17, 15) is 4.79 Å². The first-order valence-corrected chi connectivity index (χ1v) is 8.65. The van der Waals surface area contributed by atoms with E-state index in [-0.39, 0.29) is 6.09 Å². The second-order valence-electron chi connectivity index (χ2n) is 7.50. The molecule has 2 aliphatic rings. The van der Waals surface area contributed by atoms with Crippen LogP contribution < -0.4 is 9.64 Å². The minimum absolute atomic E-state index is 0.239. The van der Waals surface area contributed by atoms with E-state index in [1.807, 2.05) is 20.8 Å². The Morgan fingerprint density at radius 2 is 1.83 bits per heavy atom. The number of rotatable bonds is 3. The normalized spacial score (nSPS) is 18.5. The summed E-state index contributed by atoms with van der Waals surface area (Å²) in [5, 5.41) is 0. The summed E-state index contributed by atoms with van der Waals surface area (Å²) in [6.07, 6.45) is 2.22. The average molecular weight is 333 g/mol. The third-order valence-electron chi connectivity index (χ3n) is 4.34. The molecule has 1 aliphatic heterocycles. The maximum absolute atomic E-state index is 12.1. The second-order valence-corrected chi connectivity index (χ2v) is 7.50. The van der Waals surface area contributed by atoms with Gasteiger partial charge in [0.25, 0.3) is 0 Å². The standard InChI is InChI=1S/C18H27N3O3/c1-18(2,3)24-17(22)21-11-9-20(10-12-21)15-8-7-14(13-5-6-13)16(19-15)23-4/h7-8,13H,5-6,9-12H2,1-4H3. The van der Waals surface area contributed by atoms with Crippen molar-refractivity contribution in [2.75, 3.05) is 38.2 Å². The Labute approximate surface area is 143 Å². The van der Waals surface area contributed by atoms with Crippen LogP contribution in [0, 0.1) is 0 Å².